The van der Waals surface area contributed by atoms with Crippen molar-refractivity contribution in [3.8, 4) is 5.75 Å². The molecule has 1 unspecified atom stereocenters. The third-order valence-electron chi connectivity index (χ3n) is 3.05. The Morgan fingerprint density at radius 3 is 2.65 bits per heavy atom. The van der Waals surface area contributed by atoms with E-state index in [1.807, 2.05) is 24.3 Å². The van der Waals surface area contributed by atoms with Gasteiger partial charge in [0.15, 0.2) is 0 Å². The molecule has 2 aromatic rings. The van der Waals surface area contributed by atoms with Crippen LogP contribution in [0.3, 0.4) is 0 Å². The quantitative estimate of drug-likeness (QED) is 0.808. The van der Waals surface area contributed by atoms with E-state index >= 15 is 0 Å². The molecule has 0 spiro atoms. The van der Waals surface area contributed by atoms with Crippen LogP contribution in [0, 0.1) is 0 Å². The van der Waals surface area contributed by atoms with Gasteiger partial charge >= 0.3 is 0 Å². The van der Waals surface area contributed by atoms with E-state index in [1.165, 1.54) is 4.88 Å². The van der Waals surface area contributed by atoms with Crippen molar-refractivity contribution in [3.63, 3.8) is 0 Å². The zero-order chi connectivity index (χ0) is 14.5. The molecule has 5 heteroatoms. The van der Waals surface area contributed by atoms with Crippen LogP contribution in [0.25, 0.3) is 0 Å². The molecule has 0 amide bonds. The predicted octanol–water partition coefficient (Wildman–Crippen LogP) is 4.96. The van der Waals surface area contributed by atoms with Crippen LogP contribution in [0.1, 0.15) is 23.4 Å². The van der Waals surface area contributed by atoms with Crippen molar-refractivity contribution in [1.82, 2.24) is 5.32 Å². The lowest BCUT2D eigenvalue weighted by molar-refractivity contribution is 0.399. The Hall–Kier alpha value is -0.740. The molecule has 1 aromatic heterocycles. The minimum Gasteiger partial charge on any atom is -0.496 e. The summed E-state index contributed by atoms with van der Waals surface area (Å²) in [5.74, 6) is 0.850. The van der Waals surface area contributed by atoms with E-state index in [0.29, 0.717) is 5.02 Å². The molecule has 1 N–H and O–H groups in total. The molecule has 0 bridgehead atoms. The molecule has 1 heterocycles. The fraction of sp³-hybridized carbons (Fsp3) is 0.333. The Labute approximate surface area is 133 Å². The van der Waals surface area contributed by atoms with Crippen LogP contribution >= 0.6 is 34.5 Å². The third kappa shape index (κ3) is 3.89. The molecule has 0 saturated carbocycles. The van der Waals surface area contributed by atoms with Gasteiger partial charge in [-0.05, 0) is 36.9 Å². The SMILES string of the molecule is CCNC(Cc1ccc(Cl)s1)c1cc(Cl)ccc1OC. The normalized spacial score (nSPS) is 12.4. The molecule has 0 radical (unpaired) electrons. The number of ether oxygens (including phenoxy) is 1. The zero-order valence-electron chi connectivity index (χ0n) is 11.5. The van der Waals surface area contributed by atoms with Crippen molar-refractivity contribution in [2.45, 2.75) is 19.4 Å². The zero-order valence-corrected chi connectivity index (χ0v) is 13.8. The van der Waals surface area contributed by atoms with Crippen molar-refractivity contribution in [2.75, 3.05) is 13.7 Å². The van der Waals surface area contributed by atoms with Crippen LogP contribution in [0.2, 0.25) is 9.36 Å². The first-order valence-corrected chi connectivity index (χ1v) is 8.02. The summed E-state index contributed by atoms with van der Waals surface area (Å²) in [6.45, 7) is 2.96. The summed E-state index contributed by atoms with van der Waals surface area (Å²) in [5.41, 5.74) is 1.08. The molecule has 1 atom stereocenters. The Bertz CT molecular complexity index is 571. The van der Waals surface area contributed by atoms with Crippen molar-refractivity contribution in [1.29, 1.82) is 0 Å². The number of hydrogen-bond donors (Lipinski definition) is 1. The highest BCUT2D eigenvalue weighted by atomic mass is 35.5. The van der Waals surface area contributed by atoms with Crippen molar-refractivity contribution in [3.05, 3.63) is 50.1 Å². The number of methoxy groups -OCH3 is 1. The second kappa shape index (κ2) is 7.32. The second-order valence-electron chi connectivity index (χ2n) is 4.41. The van der Waals surface area contributed by atoms with Gasteiger partial charge in [-0.1, -0.05) is 30.1 Å². The number of halogens is 2. The molecule has 20 heavy (non-hydrogen) atoms. The van der Waals surface area contributed by atoms with Gasteiger partial charge in [0.25, 0.3) is 0 Å². The van der Waals surface area contributed by atoms with Gasteiger partial charge in [0.05, 0.1) is 11.4 Å². The molecule has 1 aromatic carbocycles. The van der Waals surface area contributed by atoms with E-state index in [0.717, 1.165) is 28.6 Å². The first-order chi connectivity index (χ1) is 9.63. The molecule has 0 aliphatic heterocycles. The standard InChI is InChI=1S/C15H17Cl2NOS/c1-3-18-13(9-11-5-7-15(17)20-11)12-8-10(16)4-6-14(12)19-2/h4-8,13,18H,3,9H2,1-2H3. The van der Waals surface area contributed by atoms with Crippen LogP contribution in [-0.4, -0.2) is 13.7 Å². The number of nitrogens with one attached hydrogen (secondary N) is 1. The monoisotopic (exact) mass is 329 g/mol. The highest BCUT2D eigenvalue weighted by Crippen LogP contribution is 2.32. The van der Waals surface area contributed by atoms with Crippen LogP contribution in [0.15, 0.2) is 30.3 Å². The van der Waals surface area contributed by atoms with E-state index < -0.39 is 0 Å². The van der Waals surface area contributed by atoms with Crippen LogP contribution in [0.5, 0.6) is 5.75 Å². The van der Waals surface area contributed by atoms with Gasteiger partial charge in [0.2, 0.25) is 0 Å². The van der Waals surface area contributed by atoms with Crippen molar-refractivity contribution in [2.24, 2.45) is 0 Å². The summed E-state index contributed by atoms with van der Waals surface area (Å²) in [6, 6.07) is 9.86. The first-order valence-electron chi connectivity index (χ1n) is 6.45. The Balaban J connectivity index is 2.30. The van der Waals surface area contributed by atoms with E-state index in [4.69, 9.17) is 27.9 Å². The predicted molar refractivity (Wildman–Crippen MR) is 87.5 cm³/mol. The van der Waals surface area contributed by atoms with E-state index in [9.17, 15) is 0 Å². The van der Waals surface area contributed by atoms with Gasteiger partial charge < -0.3 is 10.1 Å². The Morgan fingerprint density at radius 2 is 2.05 bits per heavy atom. The number of rotatable bonds is 6. The minimum absolute atomic E-state index is 0.156. The van der Waals surface area contributed by atoms with Gasteiger partial charge in [0.1, 0.15) is 5.75 Å². The summed E-state index contributed by atoms with van der Waals surface area (Å²) in [6.07, 6.45) is 0.863. The van der Waals surface area contributed by atoms with Crippen LogP contribution < -0.4 is 10.1 Å². The number of benzene rings is 1. The molecular weight excluding hydrogens is 313 g/mol. The highest BCUT2D eigenvalue weighted by Gasteiger charge is 2.17. The smallest absolute Gasteiger partial charge is 0.123 e. The van der Waals surface area contributed by atoms with Gasteiger partial charge in [-0.2, -0.15) is 0 Å². The molecule has 0 fully saturated rings. The van der Waals surface area contributed by atoms with Gasteiger partial charge in [-0.3, -0.25) is 0 Å². The molecule has 0 aliphatic carbocycles. The maximum absolute atomic E-state index is 6.12. The lowest BCUT2D eigenvalue weighted by Crippen LogP contribution is -2.23. The van der Waals surface area contributed by atoms with Crippen molar-refractivity contribution < 1.29 is 4.74 Å². The second-order valence-corrected chi connectivity index (χ2v) is 6.64. The van der Waals surface area contributed by atoms with Crippen LogP contribution in [0.4, 0.5) is 0 Å². The maximum atomic E-state index is 6.12. The number of thiophene rings is 1. The lowest BCUT2D eigenvalue weighted by Gasteiger charge is -2.20. The molecule has 108 valence electrons. The molecule has 0 saturated heterocycles. The number of likely N-dealkylation sites (N-methyl/N-ethyl adjacent to an activating group) is 1. The molecular formula is C15H17Cl2NOS. The number of hydrogen-bond acceptors (Lipinski definition) is 3. The van der Waals surface area contributed by atoms with Crippen LogP contribution in [-0.2, 0) is 6.42 Å². The average Bonchev–Trinajstić information content (AvgIpc) is 2.84. The maximum Gasteiger partial charge on any atom is 0.123 e. The first kappa shape index (κ1) is 15.6. The van der Waals surface area contributed by atoms with E-state index in [2.05, 4.69) is 18.3 Å². The molecule has 2 nitrogen and oxygen atoms in total. The fourth-order valence-corrected chi connectivity index (χ4v) is 3.49. The highest BCUT2D eigenvalue weighted by molar-refractivity contribution is 7.16. The van der Waals surface area contributed by atoms with Gasteiger partial charge in [-0.25, -0.2) is 0 Å². The third-order valence-corrected chi connectivity index (χ3v) is 4.54. The minimum atomic E-state index is 0.156. The molecule has 0 aliphatic rings. The van der Waals surface area contributed by atoms with Gasteiger partial charge in [0, 0.05) is 27.9 Å². The Morgan fingerprint density at radius 1 is 1.25 bits per heavy atom. The van der Waals surface area contributed by atoms with E-state index in [-0.39, 0.29) is 6.04 Å². The van der Waals surface area contributed by atoms with Crippen molar-refractivity contribution >= 4 is 34.5 Å². The summed E-state index contributed by atoms with van der Waals surface area (Å²) in [5, 5.41) is 4.20. The Kier molecular flexibility index (Phi) is 5.73. The summed E-state index contributed by atoms with van der Waals surface area (Å²) in [4.78, 5) is 1.24. The summed E-state index contributed by atoms with van der Waals surface area (Å²) >= 11 is 13.7. The fourth-order valence-electron chi connectivity index (χ4n) is 2.18. The summed E-state index contributed by atoms with van der Waals surface area (Å²) in [7, 11) is 1.68. The molecule has 2 rings (SSSR count). The van der Waals surface area contributed by atoms with Gasteiger partial charge in [-0.15, -0.1) is 11.3 Å². The average molecular weight is 330 g/mol. The summed E-state index contributed by atoms with van der Waals surface area (Å²) < 4.78 is 6.26. The lowest BCUT2D eigenvalue weighted by atomic mass is 10.0. The largest absolute Gasteiger partial charge is 0.496 e. The van der Waals surface area contributed by atoms with E-state index in [1.54, 1.807) is 18.4 Å². The topological polar surface area (TPSA) is 21.3 Å².